The molecule has 0 aliphatic heterocycles. The highest BCUT2D eigenvalue weighted by Gasteiger charge is 2.21. The quantitative estimate of drug-likeness (QED) is 0.263. The number of nitrogens with one attached hydrogen (secondary N) is 1. The summed E-state index contributed by atoms with van der Waals surface area (Å²) >= 11 is 0. The Hall–Kier alpha value is -3.80. The number of anilines is 2. The Balaban J connectivity index is 1.94. The van der Waals surface area contributed by atoms with Crippen molar-refractivity contribution in [2.75, 3.05) is 18.7 Å². The number of carbonyl (C=O) groups is 1. The standard InChI is InChI=1S/C28H31N3O3/c1-17(2)29-28(32)34-16-31(22-10-8-7-9-11-22)27-20(5)26(33-6)15-25-23(27)14-21-12-18(3)19(4)13-24(21)30-25/h7-15,17H,16H2,1-6H3,(H,29,32). The normalized spacial score (nSPS) is 11.1. The monoisotopic (exact) mass is 457 g/mol. The number of rotatable bonds is 6. The fraction of sp³-hybridized carbons (Fsp3) is 0.286. The molecule has 34 heavy (non-hydrogen) atoms. The zero-order valence-corrected chi connectivity index (χ0v) is 20.6. The van der Waals surface area contributed by atoms with Crippen LogP contribution < -0.4 is 15.0 Å². The third-order valence-corrected chi connectivity index (χ3v) is 6.00. The molecule has 0 saturated carbocycles. The Kier molecular flexibility index (Phi) is 6.59. The molecule has 0 unspecified atom stereocenters. The molecule has 0 radical (unpaired) electrons. The topological polar surface area (TPSA) is 63.7 Å². The Morgan fingerprint density at radius 1 is 1.00 bits per heavy atom. The maximum absolute atomic E-state index is 12.3. The number of para-hydroxylation sites is 1. The Labute approximate surface area is 200 Å². The Morgan fingerprint density at radius 3 is 2.38 bits per heavy atom. The van der Waals surface area contributed by atoms with Crippen molar-refractivity contribution in [3.63, 3.8) is 0 Å². The van der Waals surface area contributed by atoms with Gasteiger partial charge < -0.3 is 19.7 Å². The molecule has 0 saturated heterocycles. The van der Waals surface area contributed by atoms with E-state index in [9.17, 15) is 4.79 Å². The smallest absolute Gasteiger partial charge is 0.409 e. The van der Waals surface area contributed by atoms with Crippen LogP contribution >= 0.6 is 0 Å². The fourth-order valence-corrected chi connectivity index (χ4v) is 4.14. The molecule has 176 valence electrons. The molecule has 0 fully saturated rings. The molecule has 6 nitrogen and oxygen atoms in total. The minimum atomic E-state index is -0.463. The predicted octanol–water partition coefficient (Wildman–Crippen LogP) is 6.55. The second-order valence-electron chi connectivity index (χ2n) is 8.86. The average molecular weight is 458 g/mol. The van der Waals surface area contributed by atoms with Crippen LogP contribution in [0.5, 0.6) is 5.75 Å². The zero-order valence-electron chi connectivity index (χ0n) is 20.6. The molecule has 0 atom stereocenters. The van der Waals surface area contributed by atoms with E-state index < -0.39 is 6.09 Å². The van der Waals surface area contributed by atoms with Gasteiger partial charge in [0, 0.05) is 34.1 Å². The summed E-state index contributed by atoms with van der Waals surface area (Å²) in [7, 11) is 1.66. The van der Waals surface area contributed by atoms with E-state index in [1.165, 1.54) is 11.1 Å². The van der Waals surface area contributed by atoms with Crippen LogP contribution in [0.1, 0.15) is 30.5 Å². The number of nitrogens with zero attached hydrogens (tertiary/aromatic N) is 2. The maximum Gasteiger partial charge on any atom is 0.409 e. The summed E-state index contributed by atoms with van der Waals surface area (Å²) in [5.41, 5.74) is 6.91. The second-order valence-corrected chi connectivity index (χ2v) is 8.86. The zero-order chi connectivity index (χ0) is 24.4. The van der Waals surface area contributed by atoms with E-state index in [1.54, 1.807) is 7.11 Å². The molecule has 1 N–H and O–H groups in total. The number of benzene rings is 3. The number of methoxy groups -OCH3 is 1. The first-order valence-electron chi connectivity index (χ1n) is 11.4. The molecule has 0 aliphatic rings. The van der Waals surface area contributed by atoms with Crippen LogP contribution in [0.15, 0.2) is 54.6 Å². The van der Waals surface area contributed by atoms with E-state index in [-0.39, 0.29) is 12.8 Å². The van der Waals surface area contributed by atoms with E-state index in [0.29, 0.717) is 0 Å². The van der Waals surface area contributed by atoms with Crippen LogP contribution in [-0.2, 0) is 4.74 Å². The molecule has 4 aromatic rings. The minimum absolute atomic E-state index is 0.0145. The van der Waals surface area contributed by atoms with Crippen molar-refractivity contribution >= 4 is 39.3 Å². The van der Waals surface area contributed by atoms with Crippen LogP contribution in [0, 0.1) is 20.8 Å². The van der Waals surface area contributed by atoms with Gasteiger partial charge in [-0.3, -0.25) is 0 Å². The van der Waals surface area contributed by atoms with Crippen LogP contribution in [0.4, 0.5) is 16.2 Å². The highest BCUT2D eigenvalue weighted by Crippen LogP contribution is 2.41. The van der Waals surface area contributed by atoms with Gasteiger partial charge in [0.2, 0.25) is 0 Å². The van der Waals surface area contributed by atoms with Gasteiger partial charge in [-0.25, -0.2) is 9.78 Å². The molecule has 0 spiro atoms. The Morgan fingerprint density at radius 2 is 1.71 bits per heavy atom. The highest BCUT2D eigenvalue weighted by molar-refractivity contribution is 6.03. The van der Waals surface area contributed by atoms with Gasteiger partial charge in [-0.15, -0.1) is 0 Å². The van der Waals surface area contributed by atoms with E-state index in [4.69, 9.17) is 14.5 Å². The predicted molar refractivity (Wildman–Crippen MR) is 138 cm³/mol. The van der Waals surface area contributed by atoms with Crippen molar-refractivity contribution in [3.8, 4) is 5.75 Å². The second kappa shape index (κ2) is 9.59. The molecule has 4 rings (SSSR count). The van der Waals surface area contributed by atoms with Crippen LogP contribution in [0.2, 0.25) is 0 Å². The van der Waals surface area contributed by atoms with E-state index >= 15 is 0 Å². The number of aryl methyl sites for hydroxylation is 2. The number of amides is 1. The van der Waals surface area contributed by atoms with Crippen molar-refractivity contribution in [1.29, 1.82) is 0 Å². The third-order valence-electron chi connectivity index (χ3n) is 6.00. The van der Waals surface area contributed by atoms with Gasteiger partial charge in [-0.2, -0.15) is 0 Å². The lowest BCUT2D eigenvalue weighted by Gasteiger charge is -2.28. The summed E-state index contributed by atoms with van der Waals surface area (Å²) in [4.78, 5) is 19.3. The summed E-state index contributed by atoms with van der Waals surface area (Å²) in [6.45, 7) is 10.1. The first kappa shape index (κ1) is 23.4. The lowest BCUT2D eigenvalue weighted by Crippen LogP contribution is -2.34. The summed E-state index contributed by atoms with van der Waals surface area (Å²) in [5.74, 6) is 0.728. The van der Waals surface area contributed by atoms with Crippen molar-refractivity contribution in [2.45, 2.75) is 40.7 Å². The van der Waals surface area contributed by atoms with Crippen molar-refractivity contribution in [1.82, 2.24) is 10.3 Å². The molecule has 1 aromatic heterocycles. The summed E-state index contributed by atoms with van der Waals surface area (Å²) in [5, 5.41) is 4.81. The van der Waals surface area contributed by atoms with Gasteiger partial charge in [-0.1, -0.05) is 18.2 Å². The number of pyridine rings is 1. The molecule has 3 aromatic carbocycles. The maximum atomic E-state index is 12.3. The number of fused-ring (bicyclic) bond motifs is 2. The number of alkyl carbamates (subject to hydrolysis) is 1. The van der Waals surface area contributed by atoms with Gasteiger partial charge in [0.15, 0.2) is 6.73 Å². The molecular formula is C28H31N3O3. The number of hydrogen-bond acceptors (Lipinski definition) is 5. The SMILES string of the molecule is COc1cc2nc3cc(C)c(C)cc3cc2c(N(COC(=O)NC(C)C)c2ccccc2)c1C. The molecule has 1 amide bonds. The molecule has 0 bridgehead atoms. The fourth-order valence-electron chi connectivity index (χ4n) is 4.14. The van der Waals surface area contributed by atoms with Gasteiger partial charge in [-0.05, 0) is 76.1 Å². The van der Waals surface area contributed by atoms with Gasteiger partial charge in [0.05, 0.1) is 23.8 Å². The first-order valence-corrected chi connectivity index (χ1v) is 11.4. The van der Waals surface area contributed by atoms with Crippen LogP contribution in [-0.4, -0.2) is 31.0 Å². The van der Waals surface area contributed by atoms with Crippen molar-refractivity contribution in [3.05, 3.63) is 71.3 Å². The van der Waals surface area contributed by atoms with Gasteiger partial charge >= 0.3 is 6.09 Å². The van der Waals surface area contributed by atoms with Crippen molar-refractivity contribution < 1.29 is 14.3 Å². The summed E-state index contributed by atoms with van der Waals surface area (Å²) < 4.78 is 11.4. The van der Waals surface area contributed by atoms with Gasteiger partial charge in [0.25, 0.3) is 0 Å². The average Bonchev–Trinajstić information content (AvgIpc) is 2.80. The first-order chi connectivity index (χ1) is 16.3. The lowest BCUT2D eigenvalue weighted by molar-refractivity contribution is 0.146. The molecule has 1 heterocycles. The van der Waals surface area contributed by atoms with Gasteiger partial charge in [0.1, 0.15) is 5.75 Å². The Bertz CT molecular complexity index is 1350. The largest absolute Gasteiger partial charge is 0.496 e. The molecule has 0 aliphatic carbocycles. The number of aromatic nitrogens is 1. The third kappa shape index (κ3) is 4.62. The number of ether oxygens (including phenoxy) is 2. The summed E-state index contributed by atoms with van der Waals surface area (Å²) in [6, 6.07) is 18.3. The molecule has 6 heteroatoms. The van der Waals surface area contributed by atoms with Crippen molar-refractivity contribution in [2.24, 2.45) is 0 Å². The summed E-state index contributed by atoms with van der Waals surface area (Å²) in [6.07, 6.45) is -0.463. The number of carbonyl (C=O) groups excluding carboxylic acids is 1. The van der Waals surface area contributed by atoms with E-state index in [1.807, 2.05) is 62.1 Å². The van der Waals surface area contributed by atoms with E-state index in [2.05, 4.69) is 37.4 Å². The number of hydrogen-bond donors (Lipinski definition) is 1. The van der Waals surface area contributed by atoms with Crippen LogP contribution in [0.3, 0.4) is 0 Å². The molecular weight excluding hydrogens is 426 g/mol. The minimum Gasteiger partial charge on any atom is -0.496 e. The van der Waals surface area contributed by atoms with E-state index in [0.717, 1.165) is 44.5 Å². The van der Waals surface area contributed by atoms with Crippen LogP contribution in [0.25, 0.3) is 21.8 Å². The highest BCUT2D eigenvalue weighted by atomic mass is 16.6. The lowest BCUT2D eigenvalue weighted by atomic mass is 10.0.